The Labute approximate surface area is 143 Å². The molecule has 2 aliphatic rings. The third-order valence-electron chi connectivity index (χ3n) is 4.62. The van der Waals surface area contributed by atoms with Gasteiger partial charge >= 0.3 is 0 Å². The highest BCUT2D eigenvalue weighted by atomic mass is 35.5. The molecular formula is C16H23ClN2O3S. The van der Waals surface area contributed by atoms with Crippen LogP contribution in [0.3, 0.4) is 0 Å². The van der Waals surface area contributed by atoms with E-state index in [9.17, 15) is 8.42 Å². The van der Waals surface area contributed by atoms with E-state index < -0.39 is 10.0 Å². The first-order valence-corrected chi connectivity index (χ1v) is 9.85. The Morgan fingerprint density at radius 1 is 1.35 bits per heavy atom. The van der Waals surface area contributed by atoms with E-state index in [2.05, 4.69) is 23.5 Å². The number of benzene rings is 1. The molecule has 2 heterocycles. The van der Waals surface area contributed by atoms with Crippen LogP contribution in [-0.2, 0) is 14.8 Å². The summed E-state index contributed by atoms with van der Waals surface area (Å²) in [6.45, 7) is 6.59. The maximum atomic E-state index is 12.5. The molecule has 2 aliphatic heterocycles. The highest BCUT2D eigenvalue weighted by Crippen LogP contribution is 2.27. The molecule has 2 fully saturated rings. The van der Waals surface area contributed by atoms with Crippen molar-refractivity contribution in [3.8, 4) is 0 Å². The Morgan fingerprint density at radius 3 is 2.83 bits per heavy atom. The van der Waals surface area contributed by atoms with E-state index in [1.165, 1.54) is 6.07 Å². The minimum atomic E-state index is -3.54. The van der Waals surface area contributed by atoms with Crippen molar-refractivity contribution in [1.29, 1.82) is 0 Å². The van der Waals surface area contributed by atoms with Crippen molar-refractivity contribution in [3.05, 3.63) is 29.3 Å². The number of fused-ring (bicyclic) bond motifs is 1. The molecule has 1 aromatic carbocycles. The molecule has 3 atom stereocenters. The number of hydrogen-bond donors (Lipinski definition) is 1. The van der Waals surface area contributed by atoms with Crippen LogP contribution in [0.1, 0.15) is 20.3 Å². The molecular weight excluding hydrogens is 336 g/mol. The molecule has 0 aromatic heterocycles. The van der Waals surface area contributed by atoms with Crippen LogP contribution >= 0.6 is 11.6 Å². The van der Waals surface area contributed by atoms with Crippen LogP contribution in [0, 0.1) is 5.92 Å². The molecule has 1 N–H and O–H groups in total. The van der Waals surface area contributed by atoms with E-state index >= 15 is 0 Å². The van der Waals surface area contributed by atoms with E-state index in [0.29, 0.717) is 23.6 Å². The molecule has 7 heteroatoms. The van der Waals surface area contributed by atoms with Gasteiger partial charge in [-0.3, -0.25) is 4.90 Å². The Bertz CT molecular complexity index is 665. The van der Waals surface area contributed by atoms with Crippen LogP contribution < -0.4 is 4.72 Å². The number of sulfonamides is 1. The summed E-state index contributed by atoms with van der Waals surface area (Å²) in [6.07, 6.45) is 1.01. The lowest BCUT2D eigenvalue weighted by atomic mass is 10.0. The first-order chi connectivity index (χ1) is 10.8. The molecule has 23 heavy (non-hydrogen) atoms. The zero-order chi connectivity index (χ0) is 16.6. The van der Waals surface area contributed by atoms with E-state index in [4.69, 9.17) is 16.3 Å². The van der Waals surface area contributed by atoms with E-state index in [1.54, 1.807) is 18.2 Å². The monoisotopic (exact) mass is 358 g/mol. The van der Waals surface area contributed by atoms with Crippen LogP contribution in [0.5, 0.6) is 0 Å². The van der Waals surface area contributed by atoms with Crippen molar-refractivity contribution < 1.29 is 13.2 Å². The van der Waals surface area contributed by atoms with Gasteiger partial charge in [0.2, 0.25) is 10.0 Å². The van der Waals surface area contributed by atoms with E-state index in [1.807, 2.05) is 0 Å². The summed E-state index contributed by atoms with van der Waals surface area (Å²) < 4.78 is 33.7. The van der Waals surface area contributed by atoms with Gasteiger partial charge in [0, 0.05) is 30.2 Å². The second-order valence-corrected chi connectivity index (χ2v) is 8.89. The molecule has 5 nitrogen and oxygen atoms in total. The van der Waals surface area contributed by atoms with Gasteiger partial charge in [0.1, 0.15) is 0 Å². The first-order valence-electron chi connectivity index (χ1n) is 7.98. The standard InChI is InChI=1S/C16H23ClN2O3S/c1-11(2)16-9-19-8-13(7-14(19)10-22-16)18-23(20,21)15-5-3-4-12(17)6-15/h3-6,11,13-14,16,18H,7-10H2,1-2H3/t13-,14+,16+/m1/s1. The lowest BCUT2D eigenvalue weighted by Gasteiger charge is -2.36. The fourth-order valence-electron chi connectivity index (χ4n) is 3.31. The van der Waals surface area contributed by atoms with Crippen LogP contribution in [0.15, 0.2) is 29.2 Å². The summed E-state index contributed by atoms with van der Waals surface area (Å²) in [7, 11) is -3.54. The number of halogens is 1. The van der Waals surface area contributed by atoms with Crippen LogP contribution in [0.25, 0.3) is 0 Å². The molecule has 0 amide bonds. The summed E-state index contributed by atoms with van der Waals surface area (Å²) in [4.78, 5) is 2.56. The van der Waals surface area contributed by atoms with Gasteiger partial charge in [-0.25, -0.2) is 13.1 Å². The average Bonchev–Trinajstić information content (AvgIpc) is 2.87. The fourth-order valence-corrected chi connectivity index (χ4v) is 4.85. The maximum absolute atomic E-state index is 12.5. The minimum absolute atomic E-state index is 0.0847. The molecule has 0 aliphatic carbocycles. The second-order valence-electron chi connectivity index (χ2n) is 6.73. The van der Waals surface area contributed by atoms with Gasteiger partial charge in [-0.1, -0.05) is 31.5 Å². The Hall–Kier alpha value is -0.660. The smallest absolute Gasteiger partial charge is 0.240 e. The topological polar surface area (TPSA) is 58.6 Å². The summed E-state index contributed by atoms with van der Waals surface area (Å²) in [5.74, 6) is 0.471. The van der Waals surface area contributed by atoms with Gasteiger partial charge in [-0.2, -0.15) is 0 Å². The Kier molecular flexibility index (Phi) is 4.99. The molecule has 3 rings (SSSR count). The van der Waals surface area contributed by atoms with Crippen molar-refractivity contribution in [2.24, 2.45) is 5.92 Å². The molecule has 0 radical (unpaired) electrons. The third kappa shape index (κ3) is 3.88. The Balaban J connectivity index is 1.66. The Morgan fingerprint density at radius 2 is 2.13 bits per heavy atom. The lowest BCUT2D eigenvalue weighted by molar-refractivity contribution is -0.0683. The van der Waals surface area contributed by atoms with Gasteiger partial charge in [0.15, 0.2) is 0 Å². The van der Waals surface area contributed by atoms with E-state index in [-0.39, 0.29) is 17.0 Å². The summed E-state index contributed by atoms with van der Waals surface area (Å²) in [5.41, 5.74) is 0. The zero-order valence-corrected chi connectivity index (χ0v) is 15.0. The molecule has 128 valence electrons. The number of hydrogen-bond acceptors (Lipinski definition) is 4. The third-order valence-corrected chi connectivity index (χ3v) is 6.37. The highest BCUT2D eigenvalue weighted by Gasteiger charge is 2.39. The van der Waals surface area contributed by atoms with Gasteiger partial charge in [-0.05, 0) is 30.5 Å². The normalized spacial score (nSPS) is 29.0. The predicted octanol–water partition coefficient (Wildman–Crippen LogP) is 2.12. The SMILES string of the molecule is CC(C)[C@@H]1CN2C[C@H](NS(=O)(=O)c3cccc(Cl)c3)C[C@H]2CO1. The van der Waals surface area contributed by atoms with Crippen LogP contribution in [0.4, 0.5) is 0 Å². The summed E-state index contributed by atoms with van der Waals surface area (Å²) >= 11 is 5.90. The van der Waals surface area contributed by atoms with Crippen molar-refractivity contribution in [3.63, 3.8) is 0 Å². The molecule has 2 saturated heterocycles. The fraction of sp³-hybridized carbons (Fsp3) is 0.625. The largest absolute Gasteiger partial charge is 0.375 e. The van der Waals surface area contributed by atoms with Gasteiger partial charge in [0.05, 0.1) is 17.6 Å². The van der Waals surface area contributed by atoms with Crippen molar-refractivity contribution in [2.75, 3.05) is 19.7 Å². The minimum Gasteiger partial charge on any atom is -0.375 e. The molecule has 1 aromatic rings. The maximum Gasteiger partial charge on any atom is 0.240 e. The van der Waals surface area contributed by atoms with E-state index in [0.717, 1.165) is 19.5 Å². The molecule has 0 bridgehead atoms. The van der Waals surface area contributed by atoms with Crippen molar-refractivity contribution in [1.82, 2.24) is 9.62 Å². The lowest BCUT2D eigenvalue weighted by Crippen LogP contribution is -2.48. The highest BCUT2D eigenvalue weighted by molar-refractivity contribution is 7.89. The van der Waals surface area contributed by atoms with Crippen molar-refractivity contribution in [2.45, 2.75) is 43.4 Å². The number of nitrogens with zero attached hydrogens (tertiary/aromatic N) is 1. The first kappa shape index (κ1) is 17.2. The number of morpholine rings is 1. The van der Waals surface area contributed by atoms with Gasteiger partial charge < -0.3 is 4.74 Å². The number of rotatable bonds is 4. The molecule has 0 unspecified atom stereocenters. The molecule has 0 spiro atoms. The summed E-state index contributed by atoms with van der Waals surface area (Å²) in [6, 6.07) is 6.57. The second kappa shape index (κ2) is 6.69. The average molecular weight is 359 g/mol. The zero-order valence-electron chi connectivity index (χ0n) is 13.4. The quantitative estimate of drug-likeness (QED) is 0.895. The van der Waals surface area contributed by atoms with Crippen molar-refractivity contribution >= 4 is 21.6 Å². The van der Waals surface area contributed by atoms with Gasteiger partial charge in [-0.15, -0.1) is 0 Å². The van der Waals surface area contributed by atoms with Crippen LogP contribution in [-0.4, -0.2) is 51.2 Å². The van der Waals surface area contributed by atoms with Crippen LogP contribution in [0.2, 0.25) is 5.02 Å². The predicted molar refractivity (Wildman–Crippen MR) is 90.1 cm³/mol. The number of ether oxygens (including phenoxy) is 1. The summed E-state index contributed by atoms with van der Waals surface area (Å²) in [5, 5.41) is 0.421. The number of nitrogens with one attached hydrogen (secondary N) is 1. The molecule has 0 saturated carbocycles. The van der Waals surface area contributed by atoms with Gasteiger partial charge in [0.25, 0.3) is 0 Å².